The van der Waals surface area contributed by atoms with Gasteiger partial charge in [0.15, 0.2) is 0 Å². The predicted molar refractivity (Wildman–Crippen MR) is 89.1 cm³/mol. The Hall–Kier alpha value is -2.88. The van der Waals surface area contributed by atoms with Gasteiger partial charge < -0.3 is 9.52 Å². The lowest BCUT2D eigenvalue weighted by molar-refractivity contribution is -0.136. The van der Waals surface area contributed by atoms with Gasteiger partial charge in [-0.1, -0.05) is 42.0 Å². The molecule has 3 rings (SSSR count). The second-order valence-electron chi connectivity index (χ2n) is 5.39. The zero-order valence-electron chi connectivity index (χ0n) is 12.8. The van der Waals surface area contributed by atoms with Gasteiger partial charge in [-0.15, -0.1) is 0 Å². The average molecular weight is 307 g/mol. The van der Waals surface area contributed by atoms with Crippen LogP contribution in [-0.2, 0) is 4.79 Å². The minimum atomic E-state index is -0.849. The molecule has 23 heavy (non-hydrogen) atoms. The van der Waals surface area contributed by atoms with Crippen LogP contribution in [0.2, 0.25) is 0 Å². The lowest BCUT2D eigenvalue weighted by atomic mass is 10.1. The van der Waals surface area contributed by atoms with E-state index in [0.717, 1.165) is 33.2 Å². The maximum Gasteiger partial charge on any atom is 0.305 e. The van der Waals surface area contributed by atoms with Crippen LogP contribution in [0.4, 0.5) is 0 Å². The van der Waals surface area contributed by atoms with Crippen LogP contribution >= 0.6 is 0 Å². The molecule has 0 saturated heterocycles. The zero-order valence-corrected chi connectivity index (χ0v) is 12.8. The number of carboxylic acids is 1. The summed E-state index contributed by atoms with van der Waals surface area (Å²) >= 11 is 0. The predicted octanol–water partition coefficient (Wildman–Crippen LogP) is 3.78. The van der Waals surface area contributed by atoms with Gasteiger partial charge in [0.05, 0.1) is 18.3 Å². The van der Waals surface area contributed by atoms with Crippen molar-refractivity contribution in [2.45, 2.75) is 13.3 Å². The summed E-state index contributed by atoms with van der Waals surface area (Å²) in [6.45, 7) is 2.25. The van der Waals surface area contributed by atoms with Crippen LogP contribution in [0.3, 0.4) is 0 Å². The standard InChI is InChI=1S/C19H17NO3/c1-13-7-8-17-15(11-13)16(20-10-9-19(21)22)12-18(23-17)14-5-3-2-4-6-14/h2-8,11-12H,9-10H2,1H3,(H,21,22). The third-order valence-corrected chi connectivity index (χ3v) is 3.56. The van der Waals surface area contributed by atoms with E-state index in [2.05, 4.69) is 4.99 Å². The maximum absolute atomic E-state index is 10.7. The lowest BCUT2D eigenvalue weighted by Gasteiger charge is -2.05. The quantitative estimate of drug-likeness (QED) is 0.797. The summed E-state index contributed by atoms with van der Waals surface area (Å²) in [5, 5.41) is 10.5. The SMILES string of the molecule is Cc1ccc2oc(-c3ccccc3)cc(=NCCC(=O)O)c2c1. The number of aliphatic carboxylic acids is 1. The number of benzene rings is 2. The van der Waals surface area contributed by atoms with E-state index in [-0.39, 0.29) is 13.0 Å². The molecule has 0 aliphatic carbocycles. The fourth-order valence-corrected chi connectivity index (χ4v) is 2.43. The van der Waals surface area contributed by atoms with Crippen molar-refractivity contribution in [2.24, 2.45) is 4.99 Å². The normalized spacial score (nSPS) is 11.8. The Bertz CT molecular complexity index is 911. The van der Waals surface area contributed by atoms with Gasteiger partial charge in [-0.2, -0.15) is 0 Å². The van der Waals surface area contributed by atoms with Crippen LogP contribution in [0.15, 0.2) is 64.0 Å². The van der Waals surface area contributed by atoms with Gasteiger partial charge >= 0.3 is 5.97 Å². The topological polar surface area (TPSA) is 62.8 Å². The fraction of sp³-hybridized carbons (Fsp3) is 0.158. The average Bonchev–Trinajstić information content (AvgIpc) is 2.55. The van der Waals surface area contributed by atoms with Crippen LogP contribution in [0.1, 0.15) is 12.0 Å². The Morgan fingerprint density at radius 3 is 2.65 bits per heavy atom. The molecule has 0 atom stereocenters. The summed E-state index contributed by atoms with van der Waals surface area (Å²) in [5.41, 5.74) is 2.81. The lowest BCUT2D eigenvalue weighted by Crippen LogP contribution is -2.07. The van der Waals surface area contributed by atoms with Crippen molar-refractivity contribution in [3.05, 3.63) is 65.5 Å². The van der Waals surface area contributed by atoms with Crippen LogP contribution in [0.5, 0.6) is 0 Å². The molecule has 0 unspecified atom stereocenters. The van der Waals surface area contributed by atoms with Crippen molar-refractivity contribution < 1.29 is 14.3 Å². The van der Waals surface area contributed by atoms with E-state index in [4.69, 9.17) is 9.52 Å². The molecule has 0 radical (unpaired) electrons. The minimum absolute atomic E-state index is 0.0139. The van der Waals surface area contributed by atoms with E-state index in [9.17, 15) is 4.79 Å². The van der Waals surface area contributed by atoms with Crippen molar-refractivity contribution in [2.75, 3.05) is 6.54 Å². The van der Waals surface area contributed by atoms with E-state index in [1.54, 1.807) is 0 Å². The monoisotopic (exact) mass is 307 g/mol. The minimum Gasteiger partial charge on any atom is -0.481 e. The molecule has 0 amide bonds. The highest BCUT2D eigenvalue weighted by Crippen LogP contribution is 2.22. The van der Waals surface area contributed by atoms with Gasteiger partial charge in [0.1, 0.15) is 11.3 Å². The summed E-state index contributed by atoms with van der Waals surface area (Å²) in [6.07, 6.45) is 0.0139. The van der Waals surface area contributed by atoms with Gasteiger partial charge in [0.2, 0.25) is 0 Å². The molecule has 0 saturated carbocycles. The largest absolute Gasteiger partial charge is 0.481 e. The molecular weight excluding hydrogens is 290 g/mol. The molecule has 0 spiro atoms. The summed E-state index contributed by atoms with van der Waals surface area (Å²) in [6, 6.07) is 17.6. The van der Waals surface area contributed by atoms with E-state index >= 15 is 0 Å². The first-order valence-corrected chi connectivity index (χ1v) is 7.46. The van der Waals surface area contributed by atoms with E-state index in [1.165, 1.54) is 0 Å². The molecule has 2 aromatic carbocycles. The maximum atomic E-state index is 10.7. The van der Waals surface area contributed by atoms with Crippen molar-refractivity contribution in [1.29, 1.82) is 0 Å². The molecule has 0 fully saturated rings. The number of nitrogens with zero attached hydrogens (tertiary/aromatic N) is 1. The molecule has 1 N–H and O–H groups in total. The molecule has 4 heteroatoms. The number of hydrogen-bond donors (Lipinski definition) is 1. The molecule has 3 aromatic rings. The molecule has 0 aliphatic heterocycles. The Morgan fingerprint density at radius 1 is 1.13 bits per heavy atom. The van der Waals surface area contributed by atoms with Gasteiger partial charge in [-0.05, 0) is 19.1 Å². The van der Waals surface area contributed by atoms with Crippen molar-refractivity contribution in [3.8, 4) is 11.3 Å². The Morgan fingerprint density at radius 2 is 1.91 bits per heavy atom. The molecule has 1 heterocycles. The number of rotatable bonds is 4. The Kier molecular flexibility index (Phi) is 4.24. The number of hydrogen-bond acceptors (Lipinski definition) is 3. The summed E-state index contributed by atoms with van der Waals surface area (Å²) in [7, 11) is 0. The van der Waals surface area contributed by atoms with Crippen LogP contribution in [0, 0.1) is 6.92 Å². The number of carbonyl (C=O) groups is 1. The van der Waals surface area contributed by atoms with Gasteiger partial charge in [0, 0.05) is 17.0 Å². The smallest absolute Gasteiger partial charge is 0.305 e. The van der Waals surface area contributed by atoms with Gasteiger partial charge in [-0.3, -0.25) is 9.79 Å². The Labute approximate surface area is 133 Å². The molecule has 116 valence electrons. The second kappa shape index (κ2) is 6.48. The summed E-state index contributed by atoms with van der Waals surface area (Å²) in [5.74, 6) is -0.130. The van der Waals surface area contributed by atoms with Crippen LogP contribution in [0.25, 0.3) is 22.3 Å². The van der Waals surface area contributed by atoms with Gasteiger partial charge in [-0.25, -0.2) is 0 Å². The Balaban J connectivity index is 2.18. The molecular formula is C19H17NO3. The zero-order chi connectivity index (χ0) is 16.2. The highest BCUT2D eigenvalue weighted by Gasteiger charge is 2.06. The van der Waals surface area contributed by atoms with Gasteiger partial charge in [0.25, 0.3) is 0 Å². The second-order valence-corrected chi connectivity index (χ2v) is 5.39. The number of fused-ring (bicyclic) bond motifs is 1. The fourth-order valence-electron chi connectivity index (χ4n) is 2.43. The first-order valence-electron chi connectivity index (χ1n) is 7.46. The number of aryl methyl sites for hydroxylation is 1. The highest BCUT2D eigenvalue weighted by molar-refractivity contribution is 5.79. The van der Waals surface area contributed by atoms with Crippen molar-refractivity contribution in [3.63, 3.8) is 0 Å². The van der Waals surface area contributed by atoms with E-state index < -0.39 is 5.97 Å². The molecule has 1 aromatic heterocycles. The van der Waals surface area contributed by atoms with Crippen molar-refractivity contribution >= 4 is 16.9 Å². The van der Waals surface area contributed by atoms with E-state index in [0.29, 0.717) is 0 Å². The summed E-state index contributed by atoms with van der Waals surface area (Å²) < 4.78 is 5.99. The molecule has 4 nitrogen and oxygen atoms in total. The van der Waals surface area contributed by atoms with Crippen molar-refractivity contribution in [1.82, 2.24) is 0 Å². The third-order valence-electron chi connectivity index (χ3n) is 3.56. The first kappa shape index (κ1) is 15.0. The van der Waals surface area contributed by atoms with Crippen LogP contribution in [-0.4, -0.2) is 17.6 Å². The highest BCUT2D eigenvalue weighted by atomic mass is 16.4. The summed E-state index contributed by atoms with van der Waals surface area (Å²) in [4.78, 5) is 15.2. The van der Waals surface area contributed by atoms with Crippen LogP contribution < -0.4 is 5.36 Å². The molecule has 0 bridgehead atoms. The first-order chi connectivity index (χ1) is 11.1. The molecule has 0 aliphatic rings. The van der Waals surface area contributed by atoms with E-state index in [1.807, 2.05) is 61.5 Å². The number of carboxylic acid groups (broad SMARTS) is 1. The third kappa shape index (κ3) is 3.48.